The maximum absolute atomic E-state index is 11.7. The molecule has 1 aromatic rings. The lowest BCUT2D eigenvalue weighted by atomic mass is 10.1. The van der Waals surface area contributed by atoms with Gasteiger partial charge in [0.25, 0.3) is 0 Å². The lowest BCUT2D eigenvalue weighted by molar-refractivity contribution is -0.156. The van der Waals surface area contributed by atoms with Crippen LogP contribution in [0.3, 0.4) is 0 Å². The molecule has 0 atom stereocenters. The number of Topliss-reactive ketones (excluding diaryl/α,β-unsaturated/α-hetero) is 2. The zero-order chi connectivity index (χ0) is 14.5. The summed E-state index contributed by atoms with van der Waals surface area (Å²) in [6, 6.07) is 3.52. The molecule has 0 bridgehead atoms. The van der Waals surface area contributed by atoms with Crippen LogP contribution in [0, 0.1) is 0 Å². The Morgan fingerprint density at radius 1 is 1.21 bits per heavy atom. The fraction of sp³-hybridized carbons (Fsp3) is 0.500. The van der Waals surface area contributed by atoms with Gasteiger partial charge in [0.1, 0.15) is 17.8 Å². The molecule has 0 aliphatic carbocycles. The van der Waals surface area contributed by atoms with Gasteiger partial charge in [-0.2, -0.15) is 0 Å². The standard InChI is InChI=1S/C14H18O4S/c1-14(2,3)18-13(17)9-10(15)6-7-11(16)12-5-4-8-19-12/h4-5,8H,6-7,9H2,1-3H3. The molecule has 0 saturated heterocycles. The Bertz CT molecular complexity index is 454. The van der Waals surface area contributed by atoms with Crippen LogP contribution in [0.4, 0.5) is 0 Å². The third kappa shape index (κ3) is 6.29. The van der Waals surface area contributed by atoms with Crippen molar-refractivity contribution in [2.45, 2.75) is 45.6 Å². The molecular weight excluding hydrogens is 264 g/mol. The molecule has 1 aromatic heterocycles. The molecule has 5 heteroatoms. The first kappa shape index (κ1) is 15.6. The Kier molecular flexibility index (Phi) is 5.42. The first-order valence-corrected chi connectivity index (χ1v) is 6.96. The molecule has 0 N–H and O–H groups in total. The van der Waals surface area contributed by atoms with Gasteiger partial charge >= 0.3 is 5.97 Å². The molecule has 0 aromatic carbocycles. The second-order valence-electron chi connectivity index (χ2n) is 5.20. The molecule has 104 valence electrons. The van der Waals surface area contributed by atoms with Crippen LogP contribution in [0.5, 0.6) is 0 Å². The summed E-state index contributed by atoms with van der Waals surface area (Å²) in [6.45, 7) is 5.24. The van der Waals surface area contributed by atoms with Crippen molar-refractivity contribution in [1.82, 2.24) is 0 Å². The van der Waals surface area contributed by atoms with Gasteiger partial charge in [-0.25, -0.2) is 0 Å². The molecule has 4 nitrogen and oxygen atoms in total. The molecule has 0 unspecified atom stereocenters. The van der Waals surface area contributed by atoms with E-state index < -0.39 is 11.6 Å². The minimum atomic E-state index is -0.593. The minimum absolute atomic E-state index is 0.0625. The average molecular weight is 282 g/mol. The van der Waals surface area contributed by atoms with Gasteiger partial charge in [0, 0.05) is 12.8 Å². The van der Waals surface area contributed by atoms with E-state index in [1.165, 1.54) is 11.3 Å². The smallest absolute Gasteiger partial charge is 0.313 e. The van der Waals surface area contributed by atoms with E-state index in [0.29, 0.717) is 4.88 Å². The summed E-state index contributed by atoms with van der Waals surface area (Å²) in [4.78, 5) is 35.3. The number of esters is 1. The number of hydrogen-bond acceptors (Lipinski definition) is 5. The summed E-state index contributed by atoms with van der Waals surface area (Å²) in [7, 11) is 0. The van der Waals surface area contributed by atoms with Gasteiger partial charge in [0.05, 0.1) is 4.88 Å². The molecule has 0 spiro atoms. The normalized spacial score (nSPS) is 11.1. The van der Waals surface area contributed by atoms with Gasteiger partial charge in [-0.05, 0) is 32.2 Å². The molecule has 0 aliphatic heterocycles. The van der Waals surface area contributed by atoms with Gasteiger partial charge < -0.3 is 4.74 Å². The van der Waals surface area contributed by atoms with Crippen LogP contribution in [0.2, 0.25) is 0 Å². The summed E-state index contributed by atoms with van der Waals surface area (Å²) in [6.07, 6.45) is -0.0485. The monoisotopic (exact) mass is 282 g/mol. The molecule has 0 radical (unpaired) electrons. The molecule has 0 amide bonds. The first-order valence-electron chi connectivity index (χ1n) is 6.08. The van der Waals surface area contributed by atoms with Crippen LogP contribution in [-0.2, 0) is 14.3 Å². The number of ketones is 2. The number of ether oxygens (including phenoxy) is 1. The summed E-state index contributed by atoms with van der Waals surface area (Å²) in [5, 5.41) is 1.82. The number of rotatable bonds is 6. The topological polar surface area (TPSA) is 60.4 Å². The highest BCUT2D eigenvalue weighted by Gasteiger charge is 2.19. The van der Waals surface area contributed by atoms with E-state index in [9.17, 15) is 14.4 Å². The predicted molar refractivity (Wildman–Crippen MR) is 73.4 cm³/mol. The molecular formula is C14H18O4S. The van der Waals surface area contributed by atoms with Crippen LogP contribution >= 0.6 is 11.3 Å². The molecule has 0 aliphatic rings. The second kappa shape index (κ2) is 6.61. The lowest BCUT2D eigenvalue weighted by Crippen LogP contribution is -2.25. The van der Waals surface area contributed by atoms with Crippen molar-refractivity contribution in [3.8, 4) is 0 Å². The van der Waals surface area contributed by atoms with E-state index >= 15 is 0 Å². The van der Waals surface area contributed by atoms with Gasteiger partial charge in [-0.1, -0.05) is 6.07 Å². The summed E-state index contributed by atoms with van der Waals surface area (Å²) < 4.78 is 5.04. The second-order valence-corrected chi connectivity index (χ2v) is 6.15. The highest BCUT2D eigenvalue weighted by atomic mass is 32.1. The fourth-order valence-corrected chi connectivity index (χ4v) is 2.13. The summed E-state index contributed by atoms with van der Waals surface area (Å²) >= 11 is 1.35. The largest absolute Gasteiger partial charge is 0.460 e. The van der Waals surface area contributed by atoms with Gasteiger partial charge in [0.15, 0.2) is 5.78 Å². The Balaban J connectivity index is 2.32. The quantitative estimate of drug-likeness (QED) is 0.457. The summed E-state index contributed by atoms with van der Waals surface area (Å²) in [5.41, 5.74) is -0.593. The van der Waals surface area contributed by atoms with Gasteiger partial charge in [-0.15, -0.1) is 11.3 Å². The average Bonchev–Trinajstić information content (AvgIpc) is 2.76. The zero-order valence-electron chi connectivity index (χ0n) is 11.4. The van der Waals surface area contributed by atoms with Crippen LogP contribution in [-0.4, -0.2) is 23.1 Å². The fourth-order valence-electron chi connectivity index (χ4n) is 1.44. The third-order valence-electron chi connectivity index (χ3n) is 2.19. The van der Waals surface area contributed by atoms with Crippen LogP contribution in [0.1, 0.15) is 49.7 Å². The highest BCUT2D eigenvalue weighted by molar-refractivity contribution is 7.12. The number of carbonyl (C=O) groups excluding carboxylic acids is 3. The maximum Gasteiger partial charge on any atom is 0.313 e. The van der Waals surface area contributed by atoms with E-state index in [2.05, 4.69) is 0 Å². The molecule has 0 fully saturated rings. The van der Waals surface area contributed by atoms with E-state index in [1.54, 1.807) is 32.9 Å². The molecule has 1 rings (SSSR count). The third-order valence-corrected chi connectivity index (χ3v) is 3.10. The van der Waals surface area contributed by atoms with Crippen molar-refractivity contribution in [2.75, 3.05) is 0 Å². The zero-order valence-corrected chi connectivity index (χ0v) is 12.2. The number of hydrogen-bond donors (Lipinski definition) is 0. The lowest BCUT2D eigenvalue weighted by Gasteiger charge is -2.19. The molecule has 0 saturated carbocycles. The van der Waals surface area contributed by atoms with Crippen LogP contribution in [0.25, 0.3) is 0 Å². The number of thiophene rings is 1. The van der Waals surface area contributed by atoms with Crippen molar-refractivity contribution in [3.05, 3.63) is 22.4 Å². The van der Waals surface area contributed by atoms with Crippen LogP contribution in [0.15, 0.2) is 17.5 Å². The molecule has 1 heterocycles. The van der Waals surface area contributed by atoms with E-state index in [0.717, 1.165) is 0 Å². The van der Waals surface area contributed by atoms with E-state index in [-0.39, 0.29) is 30.8 Å². The van der Waals surface area contributed by atoms with Crippen molar-refractivity contribution in [2.24, 2.45) is 0 Å². The van der Waals surface area contributed by atoms with Crippen molar-refractivity contribution in [3.63, 3.8) is 0 Å². The minimum Gasteiger partial charge on any atom is -0.460 e. The highest BCUT2D eigenvalue weighted by Crippen LogP contribution is 2.13. The summed E-state index contributed by atoms with van der Waals surface area (Å²) in [5.74, 6) is -0.868. The van der Waals surface area contributed by atoms with Crippen molar-refractivity contribution >= 4 is 28.9 Å². The van der Waals surface area contributed by atoms with Crippen molar-refractivity contribution < 1.29 is 19.1 Å². The first-order chi connectivity index (χ1) is 8.78. The Morgan fingerprint density at radius 2 is 1.89 bits per heavy atom. The maximum atomic E-state index is 11.7. The van der Waals surface area contributed by atoms with Crippen molar-refractivity contribution in [1.29, 1.82) is 0 Å². The SMILES string of the molecule is CC(C)(C)OC(=O)CC(=O)CCC(=O)c1cccs1. The predicted octanol–water partition coefficient (Wildman–Crippen LogP) is 3.01. The van der Waals surface area contributed by atoms with E-state index in [4.69, 9.17) is 4.74 Å². The van der Waals surface area contributed by atoms with E-state index in [1.807, 2.05) is 5.38 Å². The van der Waals surface area contributed by atoms with Gasteiger partial charge in [-0.3, -0.25) is 14.4 Å². The van der Waals surface area contributed by atoms with Gasteiger partial charge in [0.2, 0.25) is 0 Å². The Hall–Kier alpha value is -1.49. The Morgan fingerprint density at radius 3 is 2.42 bits per heavy atom. The number of carbonyl (C=O) groups is 3. The van der Waals surface area contributed by atoms with Crippen LogP contribution < -0.4 is 0 Å². The Labute approximate surface area is 116 Å². The molecule has 19 heavy (non-hydrogen) atoms.